The Morgan fingerprint density at radius 2 is 0.824 bits per heavy atom. The summed E-state index contributed by atoms with van der Waals surface area (Å²) in [5.41, 5.74) is 12.9. The van der Waals surface area contributed by atoms with E-state index in [2.05, 4.69) is 181 Å². The molecule has 0 aliphatic rings. The lowest BCUT2D eigenvalue weighted by molar-refractivity contribution is -0.688. The summed E-state index contributed by atoms with van der Waals surface area (Å²) >= 11 is 5.77. The molecule has 5 heteroatoms. The Kier molecular flexibility index (Phi) is 8.40. The number of pyridine rings is 2. The minimum absolute atomic E-state index is 0.874. The van der Waals surface area contributed by atoms with Gasteiger partial charge in [-0.25, -0.2) is 9.13 Å². The molecule has 0 saturated heterocycles. The van der Waals surface area contributed by atoms with Gasteiger partial charge < -0.3 is 0 Å². The molecule has 0 saturated carbocycles. The molecule has 246 valence electrons. The van der Waals surface area contributed by atoms with E-state index >= 15 is 0 Å². The van der Waals surface area contributed by atoms with Crippen LogP contribution >= 0.6 is 34.0 Å². The third kappa shape index (κ3) is 6.45. The van der Waals surface area contributed by atoms with Crippen LogP contribution in [0.2, 0.25) is 0 Å². The quantitative estimate of drug-likeness (QED) is 0.139. The van der Waals surface area contributed by atoms with E-state index in [4.69, 9.17) is 0 Å². The fourth-order valence-corrected chi connectivity index (χ4v) is 10.9. The summed E-state index contributed by atoms with van der Waals surface area (Å²) in [5, 5.41) is 0. The van der Waals surface area contributed by atoms with Gasteiger partial charge >= 0.3 is 0 Å². The molecule has 0 aliphatic carbocycles. The lowest BCUT2D eigenvalue weighted by Gasteiger charge is -2.08. The standard InChI is InChI=1S/C46H36N2S3/c1-31-13-15-37(25-39(31)35-17-21-47(22-18-35)29-33-9-5-3-6-10-33)41-27-43-45(50-41)46-44(49-43)28-42(51-46)38-16-14-32(2)40(26-38)36-19-23-48(24-20-36)30-34-11-7-4-8-12-34/h3-28H,29-30H2,1-2H3/q+2. The number of nitrogens with zero attached hydrogens (tertiary/aromatic N) is 2. The Balaban J connectivity index is 0.979. The number of aromatic nitrogens is 2. The number of hydrogen-bond donors (Lipinski definition) is 0. The molecule has 9 aromatic rings. The average molecular weight is 713 g/mol. The average Bonchev–Trinajstić information content (AvgIpc) is 3.85. The van der Waals surface area contributed by atoms with Crippen molar-refractivity contribution in [2.24, 2.45) is 0 Å². The molecule has 0 radical (unpaired) electrons. The molecular weight excluding hydrogens is 677 g/mol. The van der Waals surface area contributed by atoms with Crippen molar-refractivity contribution in [2.75, 3.05) is 0 Å². The van der Waals surface area contributed by atoms with Gasteiger partial charge in [-0.1, -0.05) is 84.9 Å². The molecule has 0 atom stereocenters. The third-order valence-corrected chi connectivity index (χ3v) is 13.6. The fourth-order valence-electron chi connectivity index (χ4n) is 6.87. The lowest BCUT2D eigenvalue weighted by atomic mass is 9.98. The molecule has 0 fully saturated rings. The Labute approximate surface area is 310 Å². The molecule has 0 amide bonds. The monoisotopic (exact) mass is 712 g/mol. The van der Waals surface area contributed by atoms with E-state index in [1.807, 2.05) is 34.0 Å². The molecule has 0 unspecified atom stereocenters. The van der Waals surface area contributed by atoms with Crippen molar-refractivity contribution in [1.82, 2.24) is 0 Å². The zero-order valence-electron chi connectivity index (χ0n) is 28.5. The molecule has 0 N–H and O–H groups in total. The molecule has 0 spiro atoms. The maximum Gasteiger partial charge on any atom is 0.173 e. The second-order valence-corrected chi connectivity index (χ2v) is 16.4. The largest absolute Gasteiger partial charge is 0.201 e. The van der Waals surface area contributed by atoms with Gasteiger partial charge in [0.15, 0.2) is 37.9 Å². The Morgan fingerprint density at radius 3 is 1.24 bits per heavy atom. The Morgan fingerprint density at radius 1 is 0.412 bits per heavy atom. The van der Waals surface area contributed by atoms with Gasteiger partial charge in [0, 0.05) is 54.5 Å². The van der Waals surface area contributed by atoms with E-state index in [9.17, 15) is 0 Å². The van der Waals surface area contributed by atoms with Crippen LogP contribution in [0.1, 0.15) is 22.3 Å². The number of rotatable bonds is 8. The Bertz CT molecular complexity index is 2450. The number of hydrogen-bond acceptors (Lipinski definition) is 3. The van der Waals surface area contributed by atoms with Gasteiger partial charge in [-0.2, -0.15) is 0 Å². The van der Waals surface area contributed by atoms with Crippen molar-refractivity contribution in [3.05, 3.63) is 181 Å². The molecule has 5 heterocycles. The van der Waals surface area contributed by atoms with Crippen LogP contribution in [-0.2, 0) is 13.1 Å². The molecule has 51 heavy (non-hydrogen) atoms. The fraction of sp³-hybridized carbons (Fsp3) is 0.0870. The van der Waals surface area contributed by atoms with E-state index in [0.717, 1.165) is 13.1 Å². The van der Waals surface area contributed by atoms with Crippen LogP contribution in [0, 0.1) is 13.8 Å². The molecular formula is C46H36N2S3+2. The normalized spacial score (nSPS) is 11.5. The van der Waals surface area contributed by atoms with Crippen LogP contribution in [0.3, 0.4) is 0 Å². The first-order chi connectivity index (χ1) is 25.0. The summed E-state index contributed by atoms with van der Waals surface area (Å²) in [4.78, 5) is 2.66. The molecule has 0 bridgehead atoms. The summed E-state index contributed by atoms with van der Waals surface area (Å²) < 4.78 is 10.1. The van der Waals surface area contributed by atoms with Gasteiger partial charge in [-0.3, -0.25) is 0 Å². The van der Waals surface area contributed by atoms with Gasteiger partial charge in [-0.15, -0.1) is 34.0 Å². The van der Waals surface area contributed by atoms with Gasteiger partial charge in [0.05, 0.1) is 9.40 Å². The van der Waals surface area contributed by atoms with Crippen LogP contribution in [-0.4, -0.2) is 0 Å². The van der Waals surface area contributed by atoms with Gasteiger partial charge in [0.25, 0.3) is 0 Å². The molecule has 5 aromatic heterocycles. The zero-order valence-corrected chi connectivity index (χ0v) is 31.0. The first-order valence-corrected chi connectivity index (χ1v) is 19.7. The van der Waals surface area contributed by atoms with Crippen molar-refractivity contribution in [1.29, 1.82) is 0 Å². The summed E-state index contributed by atoms with van der Waals surface area (Å²) in [6.07, 6.45) is 8.78. The summed E-state index contributed by atoms with van der Waals surface area (Å²) in [6, 6.07) is 48.9. The van der Waals surface area contributed by atoms with Gasteiger partial charge in [-0.05, 0) is 82.6 Å². The first-order valence-electron chi connectivity index (χ1n) is 17.3. The second-order valence-electron chi connectivity index (χ2n) is 13.3. The minimum atomic E-state index is 0.874. The van der Waals surface area contributed by atoms with E-state index in [-0.39, 0.29) is 0 Å². The smallest absolute Gasteiger partial charge is 0.173 e. The van der Waals surface area contributed by atoms with Crippen molar-refractivity contribution in [3.8, 4) is 43.1 Å². The maximum atomic E-state index is 2.40. The maximum absolute atomic E-state index is 2.40. The van der Waals surface area contributed by atoms with Crippen molar-refractivity contribution in [2.45, 2.75) is 26.9 Å². The van der Waals surface area contributed by atoms with Gasteiger partial charge in [0.2, 0.25) is 0 Å². The van der Waals surface area contributed by atoms with Crippen LogP contribution in [0.4, 0.5) is 0 Å². The number of aryl methyl sites for hydroxylation is 2. The molecule has 4 aromatic carbocycles. The number of benzene rings is 4. The molecule has 2 nitrogen and oxygen atoms in total. The van der Waals surface area contributed by atoms with Crippen LogP contribution < -0.4 is 9.13 Å². The Hall–Kier alpha value is -5.20. The minimum Gasteiger partial charge on any atom is -0.201 e. The highest BCUT2D eigenvalue weighted by Gasteiger charge is 2.17. The van der Waals surface area contributed by atoms with E-state index in [1.54, 1.807) is 0 Å². The number of thiophene rings is 3. The predicted octanol–water partition coefficient (Wildman–Crippen LogP) is 12.1. The van der Waals surface area contributed by atoms with Gasteiger partial charge in [0.1, 0.15) is 0 Å². The second kappa shape index (κ2) is 13.5. The lowest BCUT2D eigenvalue weighted by Crippen LogP contribution is -2.32. The summed E-state index contributed by atoms with van der Waals surface area (Å²) in [7, 11) is 0. The van der Waals surface area contributed by atoms with Crippen LogP contribution in [0.15, 0.2) is 158 Å². The third-order valence-electron chi connectivity index (χ3n) is 9.69. The summed E-state index contributed by atoms with van der Waals surface area (Å²) in [6.45, 7) is 6.17. The predicted molar refractivity (Wildman–Crippen MR) is 218 cm³/mol. The van der Waals surface area contributed by atoms with Crippen molar-refractivity contribution >= 4 is 52.8 Å². The van der Waals surface area contributed by atoms with E-state index in [0.29, 0.717) is 0 Å². The first kappa shape index (κ1) is 31.8. The highest BCUT2D eigenvalue weighted by Crippen LogP contribution is 2.48. The van der Waals surface area contributed by atoms with E-state index in [1.165, 1.54) is 84.2 Å². The van der Waals surface area contributed by atoms with E-state index < -0.39 is 0 Å². The molecule has 0 aliphatic heterocycles. The van der Waals surface area contributed by atoms with Crippen LogP contribution in [0.5, 0.6) is 0 Å². The zero-order chi connectivity index (χ0) is 34.3. The number of fused-ring (bicyclic) bond motifs is 3. The van der Waals surface area contributed by atoms with Crippen LogP contribution in [0.25, 0.3) is 61.9 Å². The summed E-state index contributed by atoms with van der Waals surface area (Å²) in [5.74, 6) is 0. The highest BCUT2D eigenvalue weighted by molar-refractivity contribution is 7.40. The SMILES string of the molecule is Cc1ccc(-c2cc3sc4cc(-c5ccc(C)c(-c6cc[n+](Cc7ccccc7)cc6)c5)sc4c3s2)cc1-c1cc[n+](Cc2ccccc2)cc1. The topological polar surface area (TPSA) is 7.76 Å². The highest BCUT2D eigenvalue weighted by atomic mass is 32.1. The van der Waals surface area contributed by atoms with Crippen molar-refractivity contribution in [3.63, 3.8) is 0 Å². The molecule has 9 rings (SSSR count). The van der Waals surface area contributed by atoms with Crippen molar-refractivity contribution < 1.29 is 9.13 Å².